The summed E-state index contributed by atoms with van der Waals surface area (Å²) in [5.74, 6) is -0.121. The molecule has 2 aliphatic carbocycles. The molecule has 64 heavy (non-hydrogen) atoms. The molecule has 1 N–H and O–H groups in total. The summed E-state index contributed by atoms with van der Waals surface area (Å²) in [6.07, 6.45) is 4.85. The predicted molar refractivity (Wildman–Crippen MR) is 263 cm³/mol. The molecule has 0 atom stereocenters. The number of ketones is 2. The van der Waals surface area contributed by atoms with Gasteiger partial charge in [0.25, 0.3) is 0 Å². The number of esters is 1. The van der Waals surface area contributed by atoms with Gasteiger partial charge in [-0.2, -0.15) is 0 Å². The lowest BCUT2D eigenvalue weighted by Gasteiger charge is -2.30. The van der Waals surface area contributed by atoms with E-state index < -0.39 is 28.7 Å². The smallest absolute Gasteiger partial charge is 0.350 e. The zero-order valence-corrected chi connectivity index (χ0v) is 42.1. The molecule has 0 heterocycles. The first kappa shape index (κ1) is 54.4. The average Bonchev–Trinajstić information content (AvgIpc) is 3.22. The van der Waals surface area contributed by atoms with Gasteiger partial charge in [0, 0.05) is 11.1 Å². The van der Waals surface area contributed by atoms with Gasteiger partial charge >= 0.3 is 11.9 Å². The van der Waals surface area contributed by atoms with Crippen LogP contribution in [0.3, 0.4) is 0 Å². The Morgan fingerprint density at radius 1 is 0.516 bits per heavy atom. The van der Waals surface area contributed by atoms with E-state index in [1.165, 1.54) is 13.8 Å². The van der Waals surface area contributed by atoms with Crippen LogP contribution in [0.15, 0.2) is 72.8 Å². The summed E-state index contributed by atoms with van der Waals surface area (Å²) in [6.45, 7) is 35.8. The molecule has 4 aromatic rings. The summed E-state index contributed by atoms with van der Waals surface area (Å²) in [6, 6.07) is 19.8. The summed E-state index contributed by atoms with van der Waals surface area (Å²) in [5, 5.41) is 9.32. The van der Waals surface area contributed by atoms with Gasteiger partial charge in [0.15, 0.2) is 22.8 Å². The fraction of sp³-hybridized carbons (Fsp3) is 0.429. The summed E-state index contributed by atoms with van der Waals surface area (Å²) in [5.41, 5.74) is 10.4. The zero-order chi connectivity index (χ0) is 49.1. The van der Waals surface area contributed by atoms with Crippen LogP contribution in [0, 0.1) is 41.5 Å². The number of carbonyl (C=O) groups excluding carboxylic acids is 3. The summed E-state index contributed by atoms with van der Waals surface area (Å²) in [7, 11) is 0. The molecular formula is C56H74O8. The van der Waals surface area contributed by atoms with E-state index in [0.717, 1.165) is 77.9 Å². The van der Waals surface area contributed by atoms with Crippen LogP contribution >= 0.6 is 0 Å². The molecule has 6 rings (SSSR count). The molecule has 4 aromatic carbocycles. The Kier molecular flexibility index (Phi) is 19.3. The number of ether oxygens (including phenoxy) is 3. The van der Waals surface area contributed by atoms with Crippen LogP contribution in [-0.4, -0.2) is 45.4 Å². The van der Waals surface area contributed by atoms with E-state index in [1.54, 1.807) is 26.0 Å². The second kappa shape index (κ2) is 22.7. The third kappa shape index (κ3) is 13.9. The molecule has 0 saturated heterocycles. The number of aliphatic carboxylic acids is 1. The number of hydrogen-bond acceptors (Lipinski definition) is 7. The normalized spacial score (nSPS) is 12.9. The zero-order valence-electron chi connectivity index (χ0n) is 42.1. The third-order valence-corrected chi connectivity index (χ3v) is 10.2. The van der Waals surface area contributed by atoms with Crippen LogP contribution in [-0.2, 0) is 27.2 Å². The van der Waals surface area contributed by atoms with Crippen molar-refractivity contribution in [3.8, 4) is 11.5 Å². The molecule has 0 fully saturated rings. The number of fused-ring (bicyclic) bond motifs is 2. The van der Waals surface area contributed by atoms with Gasteiger partial charge in [-0.15, -0.1) is 0 Å². The van der Waals surface area contributed by atoms with Crippen molar-refractivity contribution >= 4 is 34.7 Å². The SMILES string of the molecule is CC.CC.CC.Cc1ccc2c(c1)CC(c1cc(C)c(OC(C)(C)C(=O)O)c(C)c1)=CC2=O.Cc1ccc2c(c1)CC(c1cc(C)c(OC(C)(C)C(=O)OC(C)(C)C)c(C)c1)=CC2=O. The molecule has 2 aliphatic rings. The van der Waals surface area contributed by atoms with Crippen LogP contribution in [0.4, 0.5) is 0 Å². The van der Waals surface area contributed by atoms with Crippen molar-refractivity contribution in [2.45, 2.75) is 161 Å². The van der Waals surface area contributed by atoms with E-state index in [-0.39, 0.29) is 11.6 Å². The molecule has 0 aliphatic heterocycles. The molecule has 0 bridgehead atoms. The molecule has 346 valence electrons. The first-order valence-corrected chi connectivity index (χ1v) is 22.6. The quantitative estimate of drug-likeness (QED) is 0.174. The van der Waals surface area contributed by atoms with E-state index in [4.69, 9.17) is 14.2 Å². The van der Waals surface area contributed by atoms with Gasteiger partial charge in [-0.3, -0.25) is 9.59 Å². The van der Waals surface area contributed by atoms with Crippen molar-refractivity contribution in [1.29, 1.82) is 0 Å². The van der Waals surface area contributed by atoms with Gasteiger partial charge in [0.1, 0.15) is 17.1 Å². The van der Waals surface area contributed by atoms with E-state index in [1.807, 2.05) is 152 Å². The number of benzene rings is 4. The maximum absolute atomic E-state index is 12.6. The minimum atomic E-state index is -1.31. The molecule has 0 saturated carbocycles. The highest BCUT2D eigenvalue weighted by atomic mass is 16.6. The monoisotopic (exact) mass is 875 g/mol. The number of allylic oxidation sites excluding steroid dienone is 4. The molecule has 0 unspecified atom stereocenters. The van der Waals surface area contributed by atoms with E-state index in [0.29, 0.717) is 24.3 Å². The summed E-state index contributed by atoms with van der Waals surface area (Å²) >= 11 is 0. The Morgan fingerprint density at radius 3 is 1.16 bits per heavy atom. The number of aryl methyl sites for hydroxylation is 6. The maximum Gasteiger partial charge on any atom is 0.350 e. The Hall–Kier alpha value is -5.76. The fourth-order valence-corrected chi connectivity index (χ4v) is 7.16. The van der Waals surface area contributed by atoms with Crippen LogP contribution in [0.5, 0.6) is 11.5 Å². The predicted octanol–water partition coefficient (Wildman–Crippen LogP) is 13.7. The fourth-order valence-electron chi connectivity index (χ4n) is 7.16. The first-order valence-electron chi connectivity index (χ1n) is 22.6. The topological polar surface area (TPSA) is 116 Å². The van der Waals surface area contributed by atoms with Gasteiger partial charge in [0.2, 0.25) is 0 Å². The van der Waals surface area contributed by atoms with Crippen LogP contribution < -0.4 is 9.47 Å². The van der Waals surface area contributed by atoms with E-state index in [9.17, 15) is 24.3 Å². The van der Waals surface area contributed by atoms with E-state index in [2.05, 4.69) is 12.1 Å². The first-order chi connectivity index (χ1) is 29.8. The third-order valence-electron chi connectivity index (χ3n) is 10.2. The lowest BCUT2D eigenvalue weighted by Crippen LogP contribution is -2.43. The molecule has 0 aromatic heterocycles. The minimum absolute atomic E-state index is 0.0221. The van der Waals surface area contributed by atoms with Crippen molar-refractivity contribution in [3.63, 3.8) is 0 Å². The molecule has 8 heteroatoms. The maximum atomic E-state index is 12.6. The Morgan fingerprint density at radius 2 is 0.844 bits per heavy atom. The molecular weight excluding hydrogens is 801 g/mol. The lowest BCUT2D eigenvalue weighted by molar-refractivity contribution is -0.171. The molecule has 0 amide bonds. The minimum Gasteiger partial charge on any atom is -0.478 e. The van der Waals surface area contributed by atoms with Crippen molar-refractivity contribution < 1.29 is 38.5 Å². The van der Waals surface area contributed by atoms with Crippen molar-refractivity contribution in [2.24, 2.45) is 0 Å². The highest BCUT2D eigenvalue weighted by molar-refractivity contribution is 6.12. The van der Waals surface area contributed by atoms with Crippen LogP contribution in [0.2, 0.25) is 0 Å². The van der Waals surface area contributed by atoms with Gasteiger partial charge < -0.3 is 19.3 Å². The Bertz CT molecular complexity index is 2350. The average molecular weight is 875 g/mol. The summed E-state index contributed by atoms with van der Waals surface area (Å²) < 4.78 is 17.4. The van der Waals surface area contributed by atoms with Gasteiger partial charge in [-0.25, -0.2) is 9.59 Å². The van der Waals surface area contributed by atoms with Crippen molar-refractivity contribution in [3.05, 3.63) is 140 Å². The second-order valence-electron chi connectivity index (χ2n) is 17.7. The van der Waals surface area contributed by atoms with Gasteiger partial charge in [-0.1, -0.05) is 89.1 Å². The molecule has 0 radical (unpaired) electrons. The number of carboxylic acid groups (broad SMARTS) is 1. The van der Waals surface area contributed by atoms with Crippen molar-refractivity contribution in [1.82, 2.24) is 0 Å². The lowest BCUT2D eigenvalue weighted by atomic mass is 9.85. The highest BCUT2D eigenvalue weighted by Crippen LogP contribution is 2.36. The number of hydrogen-bond donors (Lipinski definition) is 1. The van der Waals surface area contributed by atoms with Gasteiger partial charge in [-0.05, 0) is 195 Å². The van der Waals surface area contributed by atoms with Crippen LogP contribution in [0.25, 0.3) is 11.1 Å². The standard InChI is InChI=1S/C27H32O4.C23H24O4.3C2H6/c1-16-9-10-22-21(11-16)14-20(15-23(22)28)19-12-17(2)24(18(3)13-19)30-27(7,8)25(29)31-26(4,5)6;1-13-6-7-19-18(8-13)11-17(12-20(19)24)16-9-14(2)21(15(3)10-16)27-23(4,5)22(25)26;3*1-2/h9-13,15H,14H2,1-8H3;6-10,12H,11H2,1-5H3,(H,25,26);3*1-2H3. The number of carbonyl (C=O) groups is 4. The molecule has 0 spiro atoms. The Balaban J connectivity index is 0.000000397. The largest absolute Gasteiger partial charge is 0.478 e. The Labute approximate surface area is 384 Å². The van der Waals surface area contributed by atoms with Gasteiger partial charge in [0.05, 0.1) is 0 Å². The number of rotatable bonds is 8. The highest BCUT2D eigenvalue weighted by Gasteiger charge is 2.36. The van der Waals surface area contributed by atoms with Crippen LogP contribution in [0.1, 0.15) is 166 Å². The second-order valence-corrected chi connectivity index (χ2v) is 17.7. The number of carboxylic acids is 1. The van der Waals surface area contributed by atoms with E-state index >= 15 is 0 Å². The molecule has 8 nitrogen and oxygen atoms in total. The van der Waals surface area contributed by atoms with Crippen molar-refractivity contribution in [2.75, 3.05) is 0 Å². The summed E-state index contributed by atoms with van der Waals surface area (Å²) in [4.78, 5) is 49.1.